The maximum atomic E-state index is 13.1. The third-order valence-corrected chi connectivity index (χ3v) is 4.34. The van der Waals surface area contributed by atoms with Crippen molar-refractivity contribution in [3.8, 4) is 5.69 Å². The van der Waals surface area contributed by atoms with Crippen LogP contribution in [0.1, 0.15) is 34.1 Å². The van der Waals surface area contributed by atoms with E-state index in [0.29, 0.717) is 38.8 Å². The van der Waals surface area contributed by atoms with Gasteiger partial charge in [0.1, 0.15) is 0 Å². The molecule has 0 bridgehead atoms. The molecular weight excluding hydrogens is 332 g/mol. The lowest BCUT2D eigenvalue weighted by Gasteiger charge is -2.15. The van der Waals surface area contributed by atoms with Gasteiger partial charge in [-0.3, -0.25) is 4.79 Å². The Hall–Kier alpha value is -2.99. The number of para-hydroxylation sites is 1. The van der Waals surface area contributed by atoms with Gasteiger partial charge in [-0.1, -0.05) is 18.2 Å². The topological polar surface area (TPSA) is 81.4 Å². The second kappa shape index (κ2) is 7.09. The largest absolute Gasteiger partial charge is 0.462 e. The standard InChI is InChI=1S/C20H20N2O4/c1-4-26-20(25)17-12(2)10-15-16(11-23)21-22(14-8-6-5-7-9-14)19(24)18(15)13(17)3/h5-10,23H,4,11H2,1-3H3. The molecule has 0 saturated heterocycles. The minimum atomic E-state index is -0.461. The first-order valence-electron chi connectivity index (χ1n) is 8.39. The number of benzene rings is 2. The molecule has 1 N–H and O–H groups in total. The summed E-state index contributed by atoms with van der Waals surface area (Å²) in [6.07, 6.45) is 0. The van der Waals surface area contributed by atoms with Crippen LogP contribution in [-0.2, 0) is 11.3 Å². The van der Waals surface area contributed by atoms with Crippen molar-refractivity contribution in [2.75, 3.05) is 6.61 Å². The first-order valence-corrected chi connectivity index (χ1v) is 8.39. The van der Waals surface area contributed by atoms with Crippen molar-refractivity contribution in [3.63, 3.8) is 0 Å². The van der Waals surface area contributed by atoms with E-state index in [0.717, 1.165) is 0 Å². The first-order chi connectivity index (χ1) is 12.5. The summed E-state index contributed by atoms with van der Waals surface area (Å²) < 4.78 is 6.39. The lowest BCUT2D eigenvalue weighted by atomic mass is 9.95. The lowest BCUT2D eigenvalue weighted by Crippen LogP contribution is -2.25. The summed E-state index contributed by atoms with van der Waals surface area (Å²) in [4.78, 5) is 25.5. The van der Waals surface area contributed by atoms with Crippen molar-refractivity contribution < 1.29 is 14.6 Å². The van der Waals surface area contributed by atoms with Gasteiger partial charge in [0.25, 0.3) is 5.56 Å². The second-order valence-electron chi connectivity index (χ2n) is 5.99. The van der Waals surface area contributed by atoms with E-state index in [1.807, 2.05) is 6.07 Å². The SMILES string of the molecule is CCOC(=O)c1c(C)cc2c(CO)nn(-c3ccccc3)c(=O)c2c1C. The monoisotopic (exact) mass is 352 g/mol. The molecule has 6 nitrogen and oxygen atoms in total. The molecule has 3 rings (SSSR count). The molecule has 1 aromatic heterocycles. The molecule has 0 fully saturated rings. The van der Waals surface area contributed by atoms with Gasteiger partial charge < -0.3 is 9.84 Å². The number of aliphatic hydroxyl groups excluding tert-OH is 1. The Labute approximate surface area is 150 Å². The highest BCUT2D eigenvalue weighted by atomic mass is 16.5. The summed E-state index contributed by atoms with van der Waals surface area (Å²) in [5.74, 6) is -0.461. The highest BCUT2D eigenvalue weighted by Crippen LogP contribution is 2.26. The van der Waals surface area contributed by atoms with E-state index in [1.54, 1.807) is 51.1 Å². The minimum Gasteiger partial charge on any atom is -0.462 e. The van der Waals surface area contributed by atoms with Gasteiger partial charge in [-0.05, 0) is 50.1 Å². The Morgan fingerprint density at radius 3 is 2.54 bits per heavy atom. The Morgan fingerprint density at radius 1 is 1.23 bits per heavy atom. The zero-order chi connectivity index (χ0) is 18.8. The van der Waals surface area contributed by atoms with Crippen LogP contribution in [0.15, 0.2) is 41.2 Å². The van der Waals surface area contributed by atoms with Crippen molar-refractivity contribution in [1.82, 2.24) is 9.78 Å². The van der Waals surface area contributed by atoms with Crippen molar-refractivity contribution in [2.45, 2.75) is 27.4 Å². The molecular formula is C20H20N2O4. The maximum Gasteiger partial charge on any atom is 0.338 e. The van der Waals surface area contributed by atoms with Crippen molar-refractivity contribution >= 4 is 16.7 Å². The third kappa shape index (κ3) is 2.88. The van der Waals surface area contributed by atoms with Crippen LogP contribution in [-0.4, -0.2) is 27.5 Å². The van der Waals surface area contributed by atoms with Gasteiger partial charge in [0.2, 0.25) is 0 Å². The lowest BCUT2D eigenvalue weighted by molar-refractivity contribution is 0.0525. The predicted molar refractivity (Wildman–Crippen MR) is 98.7 cm³/mol. The highest BCUT2D eigenvalue weighted by Gasteiger charge is 2.21. The molecule has 6 heteroatoms. The number of carbonyl (C=O) groups excluding carboxylic acids is 1. The van der Waals surface area contributed by atoms with Crippen LogP contribution in [0.4, 0.5) is 0 Å². The molecule has 1 heterocycles. The number of hydrogen-bond donors (Lipinski definition) is 1. The number of nitrogens with zero attached hydrogens (tertiary/aromatic N) is 2. The van der Waals surface area contributed by atoms with Crippen molar-refractivity contribution in [2.24, 2.45) is 0 Å². The average molecular weight is 352 g/mol. The summed E-state index contributed by atoms with van der Waals surface area (Å²) >= 11 is 0. The van der Waals surface area contributed by atoms with E-state index < -0.39 is 5.97 Å². The van der Waals surface area contributed by atoms with Crippen LogP contribution in [0.25, 0.3) is 16.5 Å². The molecule has 2 aromatic carbocycles. The van der Waals surface area contributed by atoms with Crippen molar-refractivity contribution in [3.05, 3.63) is 69.1 Å². The van der Waals surface area contributed by atoms with Crippen LogP contribution < -0.4 is 5.56 Å². The van der Waals surface area contributed by atoms with Crippen molar-refractivity contribution in [1.29, 1.82) is 0 Å². The number of hydrogen-bond acceptors (Lipinski definition) is 5. The van der Waals surface area contributed by atoms with Crippen LogP contribution >= 0.6 is 0 Å². The van der Waals surface area contributed by atoms with Gasteiger partial charge in [-0.15, -0.1) is 0 Å². The third-order valence-electron chi connectivity index (χ3n) is 4.34. The van der Waals surface area contributed by atoms with Gasteiger partial charge in [-0.2, -0.15) is 9.78 Å². The fraction of sp³-hybridized carbons (Fsp3) is 0.250. The van der Waals surface area contributed by atoms with E-state index in [2.05, 4.69) is 5.10 Å². The number of fused-ring (bicyclic) bond motifs is 1. The molecule has 0 saturated carbocycles. The molecule has 0 aliphatic heterocycles. The molecule has 0 atom stereocenters. The molecule has 0 aliphatic carbocycles. The second-order valence-corrected chi connectivity index (χ2v) is 5.99. The first kappa shape index (κ1) is 17.8. The zero-order valence-corrected chi connectivity index (χ0v) is 14.9. The van der Waals surface area contributed by atoms with E-state index >= 15 is 0 Å². The van der Waals surface area contributed by atoms with E-state index in [1.165, 1.54) is 4.68 Å². The fourth-order valence-corrected chi connectivity index (χ4v) is 3.19. The molecule has 0 aliphatic rings. The number of aryl methyl sites for hydroxylation is 2. The zero-order valence-electron chi connectivity index (χ0n) is 14.9. The van der Waals surface area contributed by atoms with Gasteiger partial charge in [0.05, 0.1) is 35.5 Å². The highest BCUT2D eigenvalue weighted by molar-refractivity contribution is 6.00. The van der Waals surface area contributed by atoms with E-state index in [9.17, 15) is 14.7 Å². The Balaban J connectivity index is 2.41. The van der Waals surface area contributed by atoms with Gasteiger partial charge in [0, 0.05) is 5.39 Å². The van der Waals surface area contributed by atoms with Crippen LogP contribution in [0.3, 0.4) is 0 Å². The summed E-state index contributed by atoms with van der Waals surface area (Å²) in [6.45, 7) is 5.17. The fourth-order valence-electron chi connectivity index (χ4n) is 3.19. The molecule has 0 radical (unpaired) electrons. The van der Waals surface area contributed by atoms with E-state index in [4.69, 9.17) is 4.74 Å². The molecule has 134 valence electrons. The predicted octanol–water partition coefficient (Wildman–Crippen LogP) is 2.67. The number of carbonyl (C=O) groups is 1. The number of rotatable bonds is 4. The van der Waals surface area contributed by atoms with Gasteiger partial charge in [0.15, 0.2) is 0 Å². The molecule has 26 heavy (non-hydrogen) atoms. The molecule has 3 aromatic rings. The molecule has 0 unspecified atom stereocenters. The van der Waals surface area contributed by atoms with Gasteiger partial charge >= 0.3 is 5.97 Å². The Morgan fingerprint density at radius 2 is 1.92 bits per heavy atom. The quantitative estimate of drug-likeness (QED) is 0.730. The smallest absolute Gasteiger partial charge is 0.338 e. The Kier molecular flexibility index (Phi) is 4.86. The van der Waals surface area contributed by atoms with Crippen LogP contribution in [0.5, 0.6) is 0 Å². The minimum absolute atomic E-state index is 0.252. The summed E-state index contributed by atoms with van der Waals surface area (Å²) in [5.41, 5.74) is 2.22. The number of ether oxygens (including phenoxy) is 1. The summed E-state index contributed by atoms with van der Waals surface area (Å²) in [7, 11) is 0. The average Bonchev–Trinajstić information content (AvgIpc) is 2.62. The normalized spacial score (nSPS) is 10.9. The number of aromatic nitrogens is 2. The molecule has 0 amide bonds. The van der Waals surface area contributed by atoms with E-state index in [-0.39, 0.29) is 18.8 Å². The van der Waals surface area contributed by atoms with Crippen LogP contribution in [0, 0.1) is 13.8 Å². The summed E-state index contributed by atoms with van der Waals surface area (Å²) in [6, 6.07) is 10.7. The number of esters is 1. The summed E-state index contributed by atoms with van der Waals surface area (Å²) in [5, 5.41) is 15.0. The maximum absolute atomic E-state index is 13.1. The van der Waals surface area contributed by atoms with Crippen LogP contribution in [0.2, 0.25) is 0 Å². The number of aliphatic hydroxyl groups is 1. The molecule has 0 spiro atoms. The van der Waals surface area contributed by atoms with Gasteiger partial charge in [-0.25, -0.2) is 4.79 Å². The Bertz CT molecular complexity index is 1040.